The number of methoxy groups -OCH3 is 1. The summed E-state index contributed by atoms with van der Waals surface area (Å²) in [5.41, 5.74) is 1.73. The van der Waals surface area contributed by atoms with Gasteiger partial charge in [0, 0.05) is 35.5 Å². The molecule has 6 heteroatoms. The Bertz CT molecular complexity index is 1000. The van der Waals surface area contributed by atoms with Crippen LogP contribution < -0.4 is 15.7 Å². The van der Waals surface area contributed by atoms with E-state index in [0.717, 1.165) is 30.6 Å². The molecule has 2 fully saturated rings. The van der Waals surface area contributed by atoms with Crippen molar-refractivity contribution in [1.82, 2.24) is 10.2 Å². The van der Waals surface area contributed by atoms with Gasteiger partial charge in [0.25, 0.3) is 0 Å². The summed E-state index contributed by atoms with van der Waals surface area (Å²) in [7, 11) is 1.59. The Balaban J connectivity index is 1.41. The van der Waals surface area contributed by atoms with Gasteiger partial charge in [-0.15, -0.1) is 0 Å². The van der Waals surface area contributed by atoms with E-state index in [1.54, 1.807) is 13.2 Å². The van der Waals surface area contributed by atoms with Gasteiger partial charge in [0.1, 0.15) is 11.3 Å². The number of aryl methyl sites for hydroxylation is 1. The fourth-order valence-corrected chi connectivity index (χ4v) is 5.56. The van der Waals surface area contributed by atoms with Crippen LogP contribution in [0.4, 0.5) is 0 Å². The SMILES string of the molecule is COc1ccc2c(C)c(CCC(=O)NCC3(N4CCCCC4)CCCCC3)c(=O)oc2c1. The Labute approximate surface area is 190 Å². The van der Waals surface area contributed by atoms with Crippen molar-refractivity contribution < 1.29 is 13.9 Å². The van der Waals surface area contributed by atoms with Crippen LogP contribution in [-0.4, -0.2) is 43.1 Å². The molecule has 1 aliphatic heterocycles. The zero-order chi connectivity index (χ0) is 22.6. The lowest BCUT2D eigenvalue weighted by atomic mass is 9.79. The van der Waals surface area contributed by atoms with E-state index in [9.17, 15) is 9.59 Å². The van der Waals surface area contributed by atoms with Gasteiger partial charge in [0.05, 0.1) is 7.11 Å². The first-order valence-corrected chi connectivity index (χ1v) is 12.1. The smallest absolute Gasteiger partial charge is 0.339 e. The van der Waals surface area contributed by atoms with Gasteiger partial charge in [0.15, 0.2) is 0 Å². The number of carbonyl (C=O) groups excluding carboxylic acids is 1. The second-order valence-electron chi connectivity index (χ2n) is 9.46. The van der Waals surface area contributed by atoms with Crippen molar-refractivity contribution >= 4 is 16.9 Å². The van der Waals surface area contributed by atoms with E-state index in [4.69, 9.17) is 9.15 Å². The van der Waals surface area contributed by atoms with Crippen molar-refractivity contribution in [3.05, 3.63) is 39.7 Å². The fourth-order valence-electron chi connectivity index (χ4n) is 5.56. The first-order chi connectivity index (χ1) is 15.5. The summed E-state index contributed by atoms with van der Waals surface area (Å²) in [6.07, 6.45) is 10.7. The van der Waals surface area contributed by atoms with Crippen LogP contribution >= 0.6 is 0 Å². The molecule has 1 aromatic heterocycles. The Morgan fingerprint density at radius 1 is 1.12 bits per heavy atom. The van der Waals surface area contributed by atoms with Gasteiger partial charge in [-0.25, -0.2) is 4.79 Å². The van der Waals surface area contributed by atoms with Crippen molar-refractivity contribution in [2.75, 3.05) is 26.7 Å². The van der Waals surface area contributed by atoms with Gasteiger partial charge in [-0.3, -0.25) is 9.69 Å². The molecule has 1 aromatic carbocycles. The van der Waals surface area contributed by atoms with Crippen molar-refractivity contribution in [3.8, 4) is 5.75 Å². The van der Waals surface area contributed by atoms with E-state index in [1.165, 1.54) is 51.4 Å². The third kappa shape index (κ3) is 4.85. The number of likely N-dealkylation sites (tertiary alicyclic amines) is 1. The first kappa shape index (κ1) is 22.8. The van der Waals surface area contributed by atoms with Gasteiger partial charge in [-0.1, -0.05) is 25.7 Å². The van der Waals surface area contributed by atoms with E-state index in [2.05, 4.69) is 10.2 Å². The number of piperidine rings is 1. The number of benzene rings is 1. The highest BCUT2D eigenvalue weighted by Crippen LogP contribution is 2.35. The molecule has 0 radical (unpaired) electrons. The molecule has 6 nitrogen and oxygen atoms in total. The number of carbonyl (C=O) groups is 1. The standard InChI is InChI=1S/C26H36N2O4/c1-19-21-10-9-20(31-2)17-23(21)32-25(30)22(19)11-12-24(29)27-18-26(13-5-3-6-14-26)28-15-7-4-8-16-28/h9-10,17H,3-8,11-16,18H2,1-2H3,(H,27,29). The third-order valence-corrected chi connectivity index (χ3v) is 7.52. The minimum Gasteiger partial charge on any atom is -0.497 e. The number of ether oxygens (including phenoxy) is 1. The van der Waals surface area contributed by atoms with Crippen molar-refractivity contribution in [2.45, 2.75) is 76.7 Å². The van der Waals surface area contributed by atoms with Gasteiger partial charge in [0.2, 0.25) is 5.91 Å². The maximum absolute atomic E-state index is 12.8. The molecule has 1 amide bonds. The summed E-state index contributed by atoms with van der Waals surface area (Å²) >= 11 is 0. The fraction of sp³-hybridized carbons (Fsp3) is 0.615. The molecule has 2 aromatic rings. The lowest BCUT2D eigenvalue weighted by Gasteiger charge is -2.48. The number of hydrogen-bond acceptors (Lipinski definition) is 5. The molecule has 0 spiro atoms. The second kappa shape index (κ2) is 10.1. The molecular weight excluding hydrogens is 404 g/mol. The predicted molar refractivity (Wildman–Crippen MR) is 126 cm³/mol. The van der Waals surface area contributed by atoms with Crippen LogP contribution in [0, 0.1) is 6.92 Å². The second-order valence-corrected chi connectivity index (χ2v) is 9.46. The number of nitrogens with zero attached hydrogens (tertiary/aromatic N) is 1. The average Bonchev–Trinajstić information content (AvgIpc) is 2.83. The van der Waals surface area contributed by atoms with Crippen molar-refractivity contribution in [1.29, 1.82) is 0 Å². The highest BCUT2D eigenvalue weighted by Gasteiger charge is 2.38. The molecule has 32 heavy (non-hydrogen) atoms. The zero-order valence-electron chi connectivity index (χ0n) is 19.5. The van der Waals surface area contributed by atoms with Crippen LogP contribution in [0.25, 0.3) is 11.0 Å². The Morgan fingerprint density at radius 3 is 2.56 bits per heavy atom. The molecule has 1 N–H and O–H groups in total. The molecule has 2 aliphatic rings. The Kier molecular flexibility index (Phi) is 7.19. The topological polar surface area (TPSA) is 71.8 Å². The Hall–Kier alpha value is -2.34. The highest BCUT2D eigenvalue weighted by molar-refractivity contribution is 5.82. The normalized spacial score (nSPS) is 19.1. The minimum absolute atomic E-state index is 0.0144. The molecule has 174 valence electrons. The van der Waals surface area contributed by atoms with Gasteiger partial charge < -0.3 is 14.5 Å². The monoisotopic (exact) mass is 440 g/mol. The van der Waals surface area contributed by atoms with E-state index < -0.39 is 0 Å². The molecule has 2 heterocycles. The molecule has 1 saturated carbocycles. The summed E-state index contributed by atoms with van der Waals surface area (Å²) in [5, 5.41) is 4.10. The van der Waals surface area contributed by atoms with E-state index >= 15 is 0 Å². The Morgan fingerprint density at radius 2 is 1.84 bits per heavy atom. The largest absolute Gasteiger partial charge is 0.497 e. The van der Waals surface area contributed by atoms with Crippen LogP contribution in [-0.2, 0) is 11.2 Å². The number of fused-ring (bicyclic) bond motifs is 1. The number of hydrogen-bond donors (Lipinski definition) is 1. The zero-order valence-corrected chi connectivity index (χ0v) is 19.5. The molecular formula is C26H36N2O4. The van der Waals surface area contributed by atoms with Gasteiger partial charge >= 0.3 is 5.63 Å². The van der Waals surface area contributed by atoms with Crippen LogP contribution in [0.3, 0.4) is 0 Å². The lowest BCUT2D eigenvalue weighted by Crippen LogP contribution is -2.58. The van der Waals surface area contributed by atoms with Crippen LogP contribution in [0.2, 0.25) is 0 Å². The van der Waals surface area contributed by atoms with E-state index in [-0.39, 0.29) is 17.1 Å². The summed E-state index contributed by atoms with van der Waals surface area (Å²) in [6, 6.07) is 5.49. The highest BCUT2D eigenvalue weighted by atomic mass is 16.5. The van der Waals surface area contributed by atoms with Gasteiger partial charge in [-0.05, 0) is 69.8 Å². The van der Waals surface area contributed by atoms with Crippen LogP contribution in [0.5, 0.6) is 5.75 Å². The summed E-state index contributed by atoms with van der Waals surface area (Å²) in [5.74, 6) is 0.665. The van der Waals surface area contributed by atoms with E-state index in [0.29, 0.717) is 29.7 Å². The number of rotatable bonds is 7. The molecule has 1 saturated heterocycles. The lowest BCUT2D eigenvalue weighted by molar-refractivity contribution is -0.122. The quantitative estimate of drug-likeness (QED) is 0.648. The third-order valence-electron chi connectivity index (χ3n) is 7.52. The van der Waals surface area contributed by atoms with Crippen molar-refractivity contribution in [3.63, 3.8) is 0 Å². The molecule has 1 aliphatic carbocycles. The van der Waals surface area contributed by atoms with Gasteiger partial charge in [-0.2, -0.15) is 0 Å². The maximum atomic E-state index is 12.8. The summed E-state index contributed by atoms with van der Waals surface area (Å²) in [4.78, 5) is 28.0. The molecule has 4 rings (SSSR count). The summed E-state index contributed by atoms with van der Waals surface area (Å²) in [6.45, 7) is 4.94. The predicted octanol–water partition coefficient (Wildman–Crippen LogP) is 4.35. The van der Waals surface area contributed by atoms with Crippen LogP contribution in [0.15, 0.2) is 27.4 Å². The molecule has 0 atom stereocenters. The number of amides is 1. The maximum Gasteiger partial charge on any atom is 0.339 e. The van der Waals surface area contributed by atoms with Crippen LogP contribution in [0.1, 0.15) is 68.9 Å². The van der Waals surface area contributed by atoms with E-state index in [1.807, 2.05) is 19.1 Å². The molecule has 0 unspecified atom stereocenters. The summed E-state index contributed by atoms with van der Waals surface area (Å²) < 4.78 is 10.7. The average molecular weight is 441 g/mol. The first-order valence-electron chi connectivity index (χ1n) is 12.1. The van der Waals surface area contributed by atoms with Crippen molar-refractivity contribution in [2.24, 2.45) is 0 Å². The minimum atomic E-state index is -0.367. The molecule has 0 bridgehead atoms. The number of nitrogens with one attached hydrogen (secondary N) is 1.